The number of amides is 3. The van der Waals surface area contributed by atoms with Crippen molar-refractivity contribution < 1.29 is 19.1 Å². The number of hydrogen-bond donors (Lipinski definition) is 3. The van der Waals surface area contributed by atoms with Gasteiger partial charge in [-0.15, -0.1) is 0 Å². The van der Waals surface area contributed by atoms with E-state index in [1.54, 1.807) is 4.90 Å². The van der Waals surface area contributed by atoms with Crippen molar-refractivity contribution in [1.82, 2.24) is 20.9 Å². The zero-order valence-electron chi connectivity index (χ0n) is 17.7. The van der Waals surface area contributed by atoms with Gasteiger partial charge in [-0.25, -0.2) is 0 Å². The fourth-order valence-electron chi connectivity index (χ4n) is 5.47. The highest BCUT2D eigenvalue weighted by Gasteiger charge is 2.41. The molecule has 8 heteroatoms. The number of carbonyl (C=O) groups excluding carboxylic acids is 3. The van der Waals surface area contributed by atoms with Crippen molar-refractivity contribution in [2.75, 3.05) is 19.6 Å². The Bertz CT molecular complexity index is 896. The fraction of sp³-hybridized carbons (Fsp3) is 0.609. The summed E-state index contributed by atoms with van der Waals surface area (Å²) in [5.41, 5.74) is 2.79. The average Bonchev–Trinajstić information content (AvgIpc) is 3.30. The molecule has 3 fully saturated rings. The van der Waals surface area contributed by atoms with E-state index in [-0.39, 0.29) is 35.8 Å². The number of imide groups is 1. The van der Waals surface area contributed by atoms with Crippen LogP contribution in [0.1, 0.15) is 60.0 Å². The van der Waals surface area contributed by atoms with Gasteiger partial charge in [0.25, 0.3) is 5.91 Å². The van der Waals surface area contributed by atoms with Gasteiger partial charge in [-0.2, -0.15) is 0 Å². The number of nitrogens with one attached hydrogen (secondary N) is 3. The van der Waals surface area contributed by atoms with E-state index in [4.69, 9.17) is 4.74 Å². The highest BCUT2D eigenvalue weighted by atomic mass is 16.5. The number of rotatable bonds is 5. The predicted octanol–water partition coefficient (Wildman–Crippen LogP) is 0.838. The molecule has 3 saturated heterocycles. The Balaban J connectivity index is 1.20. The first-order valence-electron chi connectivity index (χ1n) is 11.4. The molecule has 166 valence electrons. The summed E-state index contributed by atoms with van der Waals surface area (Å²) in [5.74, 6) is -0.767. The lowest BCUT2D eigenvalue weighted by atomic mass is 9.89. The monoisotopic (exact) mass is 426 g/mol. The van der Waals surface area contributed by atoms with Crippen molar-refractivity contribution in [3.8, 4) is 0 Å². The Morgan fingerprint density at radius 3 is 2.77 bits per heavy atom. The molecule has 3 amide bonds. The molecule has 5 rings (SSSR count). The van der Waals surface area contributed by atoms with Crippen molar-refractivity contribution in [3.63, 3.8) is 0 Å². The Hall–Kier alpha value is -2.29. The van der Waals surface area contributed by atoms with Crippen molar-refractivity contribution >= 4 is 17.7 Å². The summed E-state index contributed by atoms with van der Waals surface area (Å²) in [7, 11) is 0. The Morgan fingerprint density at radius 2 is 1.97 bits per heavy atom. The van der Waals surface area contributed by atoms with Crippen molar-refractivity contribution in [2.24, 2.45) is 0 Å². The quantitative estimate of drug-likeness (QED) is 0.604. The normalized spacial score (nSPS) is 27.6. The summed E-state index contributed by atoms with van der Waals surface area (Å²) in [4.78, 5) is 38.3. The molecule has 0 saturated carbocycles. The SMILES string of the molecule is O=C1CCC(N2Cc3c(CNCC4CCC5(CCNCC5)O4)cccc3C2=O)C(=O)N1. The zero-order valence-corrected chi connectivity index (χ0v) is 17.7. The molecule has 4 aliphatic rings. The van der Waals surface area contributed by atoms with Crippen LogP contribution >= 0.6 is 0 Å². The van der Waals surface area contributed by atoms with E-state index >= 15 is 0 Å². The molecular weight excluding hydrogens is 396 g/mol. The van der Waals surface area contributed by atoms with E-state index in [0.717, 1.165) is 56.4 Å². The first kappa shape index (κ1) is 20.6. The minimum absolute atomic E-state index is 0.0699. The summed E-state index contributed by atoms with van der Waals surface area (Å²) in [6.07, 6.45) is 5.29. The number of ether oxygens (including phenoxy) is 1. The number of hydrogen-bond acceptors (Lipinski definition) is 6. The maximum absolute atomic E-state index is 12.9. The van der Waals surface area contributed by atoms with Crippen molar-refractivity contribution in [3.05, 3.63) is 34.9 Å². The topological polar surface area (TPSA) is 99.8 Å². The molecule has 1 aromatic carbocycles. The van der Waals surface area contributed by atoms with Crippen LogP contribution in [0.15, 0.2) is 18.2 Å². The molecule has 0 bridgehead atoms. The number of benzene rings is 1. The minimum Gasteiger partial charge on any atom is -0.370 e. The molecule has 0 radical (unpaired) electrons. The molecule has 0 aromatic heterocycles. The number of carbonyl (C=O) groups is 3. The molecule has 31 heavy (non-hydrogen) atoms. The lowest BCUT2D eigenvalue weighted by molar-refractivity contribution is -0.136. The van der Waals surface area contributed by atoms with E-state index < -0.39 is 6.04 Å². The van der Waals surface area contributed by atoms with Crippen LogP contribution in [0.5, 0.6) is 0 Å². The zero-order chi connectivity index (χ0) is 21.4. The molecule has 4 aliphatic heterocycles. The lowest BCUT2D eigenvalue weighted by Crippen LogP contribution is -2.52. The summed E-state index contributed by atoms with van der Waals surface area (Å²) >= 11 is 0. The standard InChI is InChI=1S/C23H30N4O4/c28-20-5-4-19(21(29)26-20)27-14-18-15(2-1-3-17(18)22(27)30)12-25-13-16-6-7-23(31-16)8-10-24-11-9-23/h1-3,16,19,24-25H,4-14H2,(H,26,28,29). The molecule has 2 atom stereocenters. The summed E-state index contributed by atoms with van der Waals surface area (Å²) in [5, 5.41) is 9.29. The van der Waals surface area contributed by atoms with E-state index in [2.05, 4.69) is 16.0 Å². The van der Waals surface area contributed by atoms with Crippen LogP contribution in [0.2, 0.25) is 0 Å². The van der Waals surface area contributed by atoms with Gasteiger partial charge in [0.15, 0.2) is 0 Å². The van der Waals surface area contributed by atoms with Gasteiger partial charge in [0.1, 0.15) is 6.04 Å². The van der Waals surface area contributed by atoms with Gasteiger partial charge in [0, 0.05) is 31.6 Å². The van der Waals surface area contributed by atoms with Gasteiger partial charge in [0.2, 0.25) is 11.8 Å². The second kappa shape index (κ2) is 8.33. The fourth-order valence-corrected chi connectivity index (χ4v) is 5.47. The smallest absolute Gasteiger partial charge is 0.255 e. The number of fused-ring (bicyclic) bond motifs is 1. The van der Waals surface area contributed by atoms with Crippen molar-refractivity contribution in [1.29, 1.82) is 0 Å². The summed E-state index contributed by atoms with van der Waals surface area (Å²) in [6.45, 7) is 3.94. The number of nitrogens with zero attached hydrogens (tertiary/aromatic N) is 1. The lowest BCUT2D eigenvalue weighted by Gasteiger charge is -2.33. The van der Waals surface area contributed by atoms with E-state index in [0.29, 0.717) is 25.1 Å². The van der Waals surface area contributed by atoms with Crippen LogP contribution < -0.4 is 16.0 Å². The predicted molar refractivity (Wildman–Crippen MR) is 113 cm³/mol. The Morgan fingerprint density at radius 1 is 1.13 bits per heavy atom. The molecule has 1 spiro atoms. The van der Waals surface area contributed by atoms with Gasteiger partial charge >= 0.3 is 0 Å². The van der Waals surface area contributed by atoms with Crippen LogP contribution in [0, 0.1) is 0 Å². The first-order chi connectivity index (χ1) is 15.0. The van der Waals surface area contributed by atoms with Crippen molar-refractivity contribution in [2.45, 2.75) is 69.4 Å². The van der Waals surface area contributed by atoms with Gasteiger partial charge in [-0.1, -0.05) is 12.1 Å². The third kappa shape index (κ3) is 4.00. The molecule has 1 aromatic rings. The molecule has 4 heterocycles. The summed E-state index contributed by atoms with van der Waals surface area (Å²) < 4.78 is 6.42. The van der Waals surface area contributed by atoms with Gasteiger partial charge in [0.05, 0.1) is 11.7 Å². The van der Waals surface area contributed by atoms with E-state index in [1.807, 2.05) is 18.2 Å². The highest BCUT2D eigenvalue weighted by Crippen LogP contribution is 2.37. The highest BCUT2D eigenvalue weighted by molar-refractivity contribution is 6.05. The van der Waals surface area contributed by atoms with Gasteiger partial charge in [-0.05, 0) is 62.4 Å². The third-order valence-corrected chi connectivity index (χ3v) is 7.22. The molecule has 0 aliphatic carbocycles. The van der Waals surface area contributed by atoms with Crippen LogP contribution in [0.4, 0.5) is 0 Å². The minimum atomic E-state index is -0.577. The molecule has 3 N–H and O–H groups in total. The van der Waals surface area contributed by atoms with E-state index in [1.165, 1.54) is 0 Å². The van der Waals surface area contributed by atoms with Crippen LogP contribution in [-0.4, -0.2) is 60.0 Å². The first-order valence-corrected chi connectivity index (χ1v) is 11.4. The van der Waals surface area contributed by atoms with Crippen LogP contribution in [0.25, 0.3) is 0 Å². The van der Waals surface area contributed by atoms with Gasteiger partial charge in [-0.3, -0.25) is 19.7 Å². The maximum atomic E-state index is 12.9. The third-order valence-electron chi connectivity index (χ3n) is 7.22. The van der Waals surface area contributed by atoms with E-state index in [9.17, 15) is 14.4 Å². The molecule has 8 nitrogen and oxygen atoms in total. The molecule has 2 unspecified atom stereocenters. The Labute approximate surface area is 182 Å². The van der Waals surface area contributed by atoms with Crippen LogP contribution in [-0.2, 0) is 27.4 Å². The Kier molecular flexibility index (Phi) is 5.54. The second-order valence-corrected chi connectivity index (χ2v) is 9.19. The maximum Gasteiger partial charge on any atom is 0.255 e. The largest absolute Gasteiger partial charge is 0.370 e. The van der Waals surface area contributed by atoms with Gasteiger partial charge < -0.3 is 20.3 Å². The second-order valence-electron chi connectivity index (χ2n) is 9.19. The molecular formula is C23H30N4O4. The number of piperidine rings is 2. The van der Waals surface area contributed by atoms with Crippen LogP contribution in [0.3, 0.4) is 0 Å². The summed E-state index contributed by atoms with van der Waals surface area (Å²) in [6, 6.07) is 5.19. The average molecular weight is 427 g/mol.